The van der Waals surface area contributed by atoms with Crippen molar-refractivity contribution < 1.29 is 9.90 Å². The number of carboxylic acid groups (broad SMARTS) is 1. The topological polar surface area (TPSA) is 98.9 Å². The second-order valence-corrected chi connectivity index (χ2v) is 3.55. The number of nitriles is 1. The summed E-state index contributed by atoms with van der Waals surface area (Å²) in [6, 6.07) is 2.62. The van der Waals surface area contributed by atoms with Gasteiger partial charge in [-0.05, 0) is 12.5 Å². The highest BCUT2D eigenvalue weighted by atomic mass is 16.4. The monoisotopic (exact) mass is 234 g/mol. The Kier molecular flexibility index (Phi) is 4.88. The van der Waals surface area contributed by atoms with Crippen LogP contribution in [0.15, 0.2) is 12.3 Å². The van der Waals surface area contributed by atoms with Crippen molar-refractivity contribution in [3.05, 3.63) is 18.0 Å². The Morgan fingerprint density at radius 1 is 1.71 bits per heavy atom. The van der Waals surface area contributed by atoms with Gasteiger partial charge in [0.25, 0.3) is 0 Å². The highest BCUT2D eigenvalue weighted by Crippen LogP contribution is 2.07. The third kappa shape index (κ3) is 4.07. The fourth-order valence-electron chi connectivity index (χ4n) is 1.31. The number of rotatable bonds is 6. The Hall–Kier alpha value is -2.16. The molecule has 0 saturated heterocycles. The van der Waals surface area contributed by atoms with Gasteiger partial charge in [0.05, 0.1) is 0 Å². The van der Waals surface area contributed by atoms with Gasteiger partial charge >= 0.3 is 5.97 Å². The van der Waals surface area contributed by atoms with Crippen LogP contribution >= 0.6 is 0 Å². The van der Waals surface area contributed by atoms with Crippen molar-refractivity contribution in [3.8, 4) is 6.07 Å². The number of hydrogen-bond donors (Lipinski definition) is 2. The van der Waals surface area contributed by atoms with Crippen LogP contribution in [0.1, 0.15) is 31.9 Å². The zero-order valence-corrected chi connectivity index (χ0v) is 9.55. The summed E-state index contributed by atoms with van der Waals surface area (Å²) in [7, 11) is 0. The summed E-state index contributed by atoms with van der Waals surface area (Å²) >= 11 is 0. The van der Waals surface area contributed by atoms with Gasteiger partial charge in [-0.2, -0.15) is 5.26 Å². The number of anilines is 1. The average molecular weight is 234 g/mol. The largest absolute Gasteiger partial charge is 0.480 e. The number of nitrogens with zero attached hydrogens (tertiary/aromatic N) is 3. The second kappa shape index (κ2) is 6.43. The molecule has 1 aromatic heterocycles. The summed E-state index contributed by atoms with van der Waals surface area (Å²) in [5.41, 5.74) is 0.210. The smallest absolute Gasteiger partial charge is 0.326 e. The maximum Gasteiger partial charge on any atom is 0.326 e. The van der Waals surface area contributed by atoms with E-state index in [0.29, 0.717) is 6.42 Å². The zero-order valence-electron chi connectivity index (χ0n) is 9.55. The summed E-state index contributed by atoms with van der Waals surface area (Å²) < 4.78 is 0. The van der Waals surface area contributed by atoms with Crippen molar-refractivity contribution in [2.75, 3.05) is 5.32 Å². The van der Waals surface area contributed by atoms with Gasteiger partial charge in [0, 0.05) is 6.20 Å². The first-order valence-electron chi connectivity index (χ1n) is 5.40. The Morgan fingerprint density at radius 3 is 3.06 bits per heavy atom. The summed E-state index contributed by atoms with van der Waals surface area (Å²) in [6.45, 7) is 1.99. The van der Waals surface area contributed by atoms with Crippen LogP contribution in [-0.2, 0) is 4.79 Å². The summed E-state index contributed by atoms with van der Waals surface area (Å²) in [5, 5.41) is 20.4. The molecule has 0 amide bonds. The molecule has 1 aromatic rings. The summed E-state index contributed by atoms with van der Waals surface area (Å²) in [5.74, 6) is -0.767. The third-order valence-electron chi connectivity index (χ3n) is 2.22. The minimum absolute atomic E-state index is 0.174. The lowest BCUT2D eigenvalue weighted by molar-refractivity contribution is -0.138. The van der Waals surface area contributed by atoms with Crippen LogP contribution in [0.3, 0.4) is 0 Å². The molecule has 1 heterocycles. The molecule has 1 atom stereocenters. The van der Waals surface area contributed by atoms with E-state index in [1.165, 1.54) is 12.3 Å². The molecule has 0 radical (unpaired) electrons. The zero-order chi connectivity index (χ0) is 12.7. The molecule has 2 N–H and O–H groups in total. The van der Waals surface area contributed by atoms with E-state index in [2.05, 4.69) is 15.3 Å². The Morgan fingerprint density at radius 2 is 2.47 bits per heavy atom. The molecule has 0 aromatic carbocycles. The molecule has 0 spiro atoms. The predicted octanol–water partition coefficient (Wildman–Crippen LogP) is 1.40. The van der Waals surface area contributed by atoms with Crippen molar-refractivity contribution in [3.63, 3.8) is 0 Å². The van der Waals surface area contributed by atoms with Crippen LogP contribution in [0.2, 0.25) is 0 Å². The fourth-order valence-corrected chi connectivity index (χ4v) is 1.31. The molecule has 0 aliphatic heterocycles. The van der Waals surface area contributed by atoms with E-state index in [0.717, 1.165) is 12.8 Å². The second-order valence-electron chi connectivity index (χ2n) is 3.55. The molecule has 17 heavy (non-hydrogen) atoms. The number of carbonyl (C=O) groups is 1. The van der Waals surface area contributed by atoms with Gasteiger partial charge in [-0.3, -0.25) is 0 Å². The van der Waals surface area contributed by atoms with Gasteiger partial charge in [-0.1, -0.05) is 19.8 Å². The minimum Gasteiger partial charge on any atom is -0.480 e. The Labute approximate surface area is 99.3 Å². The van der Waals surface area contributed by atoms with Crippen LogP contribution in [0.5, 0.6) is 0 Å². The molecular formula is C11H14N4O2. The van der Waals surface area contributed by atoms with Crippen molar-refractivity contribution in [2.24, 2.45) is 0 Å². The van der Waals surface area contributed by atoms with E-state index in [4.69, 9.17) is 10.4 Å². The van der Waals surface area contributed by atoms with Crippen LogP contribution in [0.4, 0.5) is 5.95 Å². The van der Waals surface area contributed by atoms with E-state index < -0.39 is 12.0 Å². The van der Waals surface area contributed by atoms with Crippen LogP contribution in [-0.4, -0.2) is 27.1 Å². The molecule has 90 valence electrons. The Balaban J connectivity index is 2.72. The van der Waals surface area contributed by atoms with Gasteiger partial charge in [-0.25, -0.2) is 14.8 Å². The van der Waals surface area contributed by atoms with E-state index in [1.54, 1.807) is 0 Å². The van der Waals surface area contributed by atoms with E-state index in [1.807, 2.05) is 13.0 Å². The van der Waals surface area contributed by atoms with Crippen molar-refractivity contribution >= 4 is 11.9 Å². The molecule has 0 aliphatic rings. The molecule has 0 fully saturated rings. The van der Waals surface area contributed by atoms with Crippen LogP contribution in [0.25, 0.3) is 0 Å². The van der Waals surface area contributed by atoms with E-state index >= 15 is 0 Å². The molecule has 1 unspecified atom stereocenters. The molecule has 0 bridgehead atoms. The molecule has 0 saturated carbocycles. The first-order chi connectivity index (χ1) is 8.17. The van der Waals surface area contributed by atoms with Crippen molar-refractivity contribution in [2.45, 2.75) is 32.2 Å². The molecule has 6 heteroatoms. The van der Waals surface area contributed by atoms with Crippen molar-refractivity contribution in [1.82, 2.24) is 9.97 Å². The van der Waals surface area contributed by atoms with E-state index in [9.17, 15) is 4.79 Å². The highest BCUT2D eigenvalue weighted by molar-refractivity contribution is 5.76. The van der Waals surface area contributed by atoms with Gasteiger partial charge in [0.1, 0.15) is 17.8 Å². The number of carboxylic acids is 1. The summed E-state index contributed by atoms with van der Waals surface area (Å²) in [4.78, 5) is 18.7. The number of aliphatic carboxylic acids is 1. The average Bonchev–Trinajstić information content (AvgIpc) is 2.34. The van der Waals surface area contributed by atoms with Gasteiger partial charge < -0.3 is 10.4 Å². The highest BCUT2D eigenvalue weighted by Gasteiger charge is 2.17. The standard InChI is InChI=1S/C11H14N4O2/c1-2-3-4-9(10(16)17)15-11-13-6-5-8(7-12)14-11/h5-6,9H,2-4H2,1H3,(H,16,17)(H,13,14,15). The Bertz CT molecular complexity index is 428. The lowest BCUT2D eigenvalue weighted by atomic mass is 10.1. The SMILES string of the molecule is CCCCC(Nc1nccc(C#N)n1)C(=O)O. The van der Waals surface area contributed by atoms with Crippen LogP contribution in [0, 0.1) is 11.3 Å². The number of hydrogen-bond acceptors (Lipinski definition) is 5. The number of unbranched alkanes of at least 4 members (excludes halogenated alkanes) is 1. The minimum atomic E-state index is -0.940. The van der Waals surface area contributed by atoms with E-state index in [-0.39, 0.29) is 11.6 Å². The number of aromatic nitrogens is 2. The van der Waals surface area contributed by atoms with Gasteiger partial charge in [0.15, 0.2) is 0 Å². The van der Waals surface area contributed by atoms with Crippen LogP contribution < -0.4 is 5.32 Å². The first-order valence-corrected chi connectivity index (χ1v) is 5.40. The van der Waals surface area contributed by atoms with Crippen molar-refractivity contribution in [1.29, 1.82) is 5.26 Å². The quantitative estimate of drug-likeness (QED) is 0.771. The normalized spacial score (nSPS) is 11.5. The lowest BCUT2D eigenvalue weighted by Gasteiger charge is -2.13. The molecule has 0 aliphatic carbocycles. The third-order valence-corrected chi connectivity index (χ3v) is 2.22. The summed E-state index contributed by atoms with van der Waals surface area (Å²) in [6.07, 6.45) is 3.66. The molecule has 6 nitrogen and oxygen atoms in total. The predicted molar refractivity (Wildman–Crippen MR) is 61.3 cm³/mol. The molecule has 1 rings (SSSR count). The first kappa shape index (κ1) is 12.9. The van der Waals surface area contributed by atoms with Gasteiger partial charge in [-0.15, -0.1) is 0 Å². The number of nitrogens with one attached hydrogen (secondary N) is 1. The maximum absolute atomic E-state index is 11.0. The maximum atomic E-state index is 11.0. The van der Waals surface area contributed by atoms with Gasteiger partial charge in [0.2, 0.25) is 5.95 Å². The lowest BCUT2D eigenvalue weighted by Crippen LogP contribution is -2.30. The molecular weight excluding hydrogens is 220 g/mol. The fraction of sp³-hybridized carbons (Fsp3) is 0.455.